The van der Waals surface area contributed by atoms with Gasteiger partial charge in [-0.05, 0) is 32.5 Å². The average Bonchev–Trinajstić information content (AvgIpc) is 2.71. The lowest BCUT2D eigenvalue weighted by Gasteiger charge is -2.25. The number of hydrogen-bond acceptors (Lipinski definition) is 4. The van der Waals surface area contributed by atoms with Gasteiger partial charge < -0.3 is 4.74 Å². The third kappa shape index (κ3) is 4.59. The molecule has 102 valence electrons. The highest BCUT2D eigenvalue weighted by molar-refractivity contribution is 7.16. The summed E-state index contributed by atoms with van der Waals surface area (Å²) in [5.74, 6) is -0.135. The zero-order chi connectivity index (χ0) is 13.5. The molecule has 1 unspecified atom stereocenters. The molecule has 0 spiro atoms. The van der Waals surface area contributed by atoms with Crippen molar-refractivity contribution in [2.75, 3.05) is 13.7 Å². The fraction of sp³-hybridized carbons (Fsp3) is 0.615. The summed E-state index contributed by atoms with van der Waals surface area (Å²) in [4.78, 5) is 15.1. The van der Waals surface area contributed by atoms with Crippen LogP contribution in [0.25, 0.3) is 0 Å². The van der Waals surface area contributed by atoms with Crippen molar-refractivity contribution >= 4 is 28.9 Å². The molecule has 3 nitrogen and oxygen atoms in total. The summed E-state index contributed by atoms with van der Waals surface area (Å²) in [6, 6.07) is 3.71. The quantitative estimate of drug-likeness (QED) is 0.719. The summed E-state index contributed by atoms with van der Waals surface area (Å²) < 4.78 is 5.90. The number of rotatable bonds is 7. The monoisotopic (exact) mass is 289 g/mol. The van der Waals surface area contributed by atoms with Gasteiger partial charge in [-0.3, -0.25) is 9.69 Å². The van der Waals surface area contributed by atoms with Gasteiger partial charge in [-0.1, -0.05) is 24.9 Å². The molecule has 0 aliphatic rings. The predicted molar refractivity (Wildman–Crippen MR) is 76.1 cm³/mol. The molecular formula is C13H20ClNO2S. The molecule has 0 radical (unpaired) electrons. The van der Waals surface area contributed by atoms with Crippen LogP contribution in [0.4, 0.5) is 0 Å². The lowest BCUT2D eigenvalue weighted by molar-refractivity contribution is -0.149. The first-order valence-corrected chi connectivity index (χ1v) is 7.39. The standard InChI is InChI=1S/C13H20ClNO2S/c1-4-6-11(13(16)17-5-2)15(3)9-10-7-8-12(14)18-10/h7-8,11H,4-6,9H2,1-3H3. The van der Waals surface area contributed by atoms with Crippen LogP contribution in [0.3, 0.4) is 0 Å². The van der Waals surface area contributed by atoms with E-state index in [0.29, 0.717) is 6.61 Å². The van der Waals surface area contributed by atoms with Gasteiger partial charge in [0.1, 0.15) is 6.04 Å². The maximum atomic E-state index is 11.9. The van der Waals surface area contributed by atoms with Gasteiger partial charge in [-0.25, -0.2) is 0 Å². The van der Waals surface area contributed by atoms with Crippen LogP contribution >= 0.6 is 22.9 Å². The zero-order valence-electron chi connectivity index (χ0n) is 11.1. The summed E-state index contributed by atoms with van der Waals surface area (Å²) in [6.45, 7) is 5.06. The van der Waals surface area contributed by atoms with Gasteiger partial charge in [0, 0.05) is 11.4 Å². The Morgan fingerprint density at radius 1 is 1.50 bits per heavy atom. The fourth-order valence-electron chi connectivity index (χ4n) is 1.82. The molecule has 0 fully saturated rings. The molecule has 0 bridgehead atoms. The van der Waals surface area contributed by atoms with E-state index in [9.17, 15) is 4.79 Å². The molecular weight excluding hydrogens is 270 g/mol. The van der Waals surface area contributed by atoms with E-state index < -0.39 is 0 Å². The number of ether oxygens (including phenoxy) is 1. The van der Waals surface area contributed by atoms with Crippen molar-refractivity contribution in [3.05, 3.63) is 21.3 Å². The van der Waals surface area contributed by atoms with Crippen LogP contribution in [-0.2, 0) is 16.1 Å². The number of halogens is 1. The topological polar surface area (TPSA) is 29.5 Å². The number of hydrogen-bond donors (Lipinski definition) is 0. The Hall–Kier alpha value is -0.580. The van der Waals surface area contributed by atoms with Crippen molar-refractivity contribution in [3.63, 3.8) is 0 Å². The molecule has 1 heterocycles. The first kappa shape index (κ1) is 15.5. The molecule has 1 aromatic rings. The second-order valence-corrected chi connectivity index (χ2v) is 5.98. The average molecular weight is 290 g/mol. The van der Waals surface area contributed by atoms with E-state index in [2.05, 4.69) is 6.92 Å². The SMILES string of the molecule is CCCC(C(=O)OCC)N(C)Cc1ccc(Cl)s1. The molecule has 18 heavy (non-hydrogen) atoms. The molecule has 0 saturated heterocycles. The van der Waals surface area contributed by atoms with Crippen molar-refractivity contribution in [1.82, 2.24) is 4.90 Å². The minimum Gasteiger partial charge on any atom is -0.465 e. The minimum atomic E-state index is -0.171. The maximum Gasteiger partial charge on any atom is 0.323 e. The lowest BCUT2D eigenvalue weighted by atomic mass is 10.1. The molecule has 0 aromatic carbocycles. The van der Waals surface area contributed by atoms with Crippen LogP contribution in [0, 0.1) is 0 Å². The first-order chi connectivity index (χ1) is 8.58. The van der Waals surface area contributed by atoms with Crippen LogP contribution in [0.5, 0.6) is 0 Å². The Balaban J connectivity index is 2.64. The third-order valence-electron chi connectivity index (χ3n) is 2.69. The Bertz CT molecular complexity index is 381. The van der Waals surface area contributed by atoms with Crippen molar-refractivity contribution < 1.29 is 9.53 Å². The Kier molecular flexibility index (Phi) is 6.68. The van der Waals surface area contributed by atoms with Crippen molar-refractivity contribution in [1.29, 1.82) is 0 Å². The van der Waals surface area contributed by atoms with Crippen LogP contribution in [-0.4, -0.2) is 30.6 Å². The van der Waals surface area contributed by atoms with E-state index >= 15 is 0 Å². The van der Waals surface area contributed by atoms with Crippen LogP contribution in [0.2, 0.25) is 4.34 Å². The number of likely N-dealkylation sites (N-methyl/N-ethyl adjacent to an activating group) is 1. The molecule has 1 aromatic heterocycles. The van der Waals surface area contributed by atoms with Crippen molar-refractivity contribution in [3.8, 4) is 0 Å². The molecule has 5 heteroatoms. The van der Waals surface area contributed by atoms with Gasteiger partial charge in [-0.15, -0.1) is 11.3 Å². The van der Waals surface area contributed by atoms with Gasteiger partial charge in [0.05, 0.1) is 10.9 Å². The number of carbonyl (C=O) groups is 1. The van der Waals surface area contributed by atoms with Gasteiger partial charge in [-0.2, -0.15) is 0 Å². The van der Waals surface area contributed by atoms with Gasteiger partial charge in [0.15, 0.2) is 0 Å². The smallest absolute Gasteiger partial charge is 0.323 e. The van der Waals surface area contributed by atoms with Gasteiger partial charge in [0.25, 0.3) is 0 Å². The van der Waals surface area contributed by atoms with E-state index in [4.69, 9.17) is 16.3 Å². The minimum absolute atomic E-state index is 0.135. The highest BCUT2D eigenvalue weighted by Gasteiger charge is 2.23. The fourth-order valence-corrected chi connectivity index (χ4v) is 2.97. The summed E-state index contributed by atoms with van der Waals surface area (Å²) in [6.07, 6.45) is 1.77. The number of carbonyl (C=O) groups excluding carboxylic acids is 1. The third-order valence-corrected chi connectivity index (χ3v) is 3.90. The van der Waals surface area contributed by atoms with E-state index in [1.54, 1.807) is 11.3 Å². The molecule has 0 aliphatic heterocycles. The van der Waals surface area contributed by atoms with E-state index in [1.807, 2.05) is 31.0 Å². The zero-order valence-corrected chi connectivity index (χ0v) is 12.7. The second kappa shape index (κ2) is 7.77. The molecule has 1 atom stereocenters. The van der Waals surface area contributed by atoms with Crippen molar-refractivity contribution in [2.24, 2.45) is 0 Å². The van der Waals surface area contributed by atoms with E-state index in [1.165, 1.54) is 0 Å². The summed E-state index contributed by atoms with van der Waals surface area (Å²) in [7, 11) is 1.95. The van der Waals surface area contributed by atoms with Crippen LogP contribution < -0.4 is 0 Å². The molecule has 1 rings (SSSR count). The second-order valence-electron chi connectivity index (χ2n) is 4.18. The van der Waals surface area contributed by atoms with E-state index in [-0.39, 0.29) is 12.0 Å². The number of thiophene rings is 1. The largest absolute Gasteiger partial charge is 0.465 e. The number of esters is 1. The predicted octanol–water partition coefficient (Wildman–Crippen LogP) is 3.57. The lowest BCUT2D eigenvalue weighted by Crippen LogP contribution is -2.39. The van der Waals surface area contributed by atoms with Gasteiger partial charge in [0.2, 0.25) is 0 Å². The molecule has 0 amide bonds. The van der Waals surface area contributed by atoms with Crippen LogP contribution in [0.1, 0.15) is 31.6 Å². The summed E-state index contributed by atoms with van der Waals surface area (Å²) in [5, 5.41) is 0. The number of nitrogens with zero attached hydrogens (tertiary/aromatic N) is 1. The Morgan fingerprint density at radius 2 is 2.22 bits per heavy atom. The first-order valence-electron chi connectivity index (χ1n) is 6.19. The Morgan fingerprint density at radius 3 is 2.72 bits per heavy atom. The van der Waals surface area contributed by atoms with E-state index in [0.717, 1.165) is 28.6 Å². The van der Waals surface area contributed by atoms with Gasteiger partial charge >= 0.3 is 5.97 Å². The maximum absolute atomic E-state index is 11.9. The van der Waals surface area contributed by atoms with Crippen molar-refractivity contribution in [2.45, 2.75) is 39.3 Å². The van der Waals surface area contributed by atoms with Crippen LogP contribution in [0.15, 0.2) is 12.1 Å². The summed E-state index contributed by atoms with van der Waals surface area (Å²) in [5.41, 5.74) is 0. The molecule has 0 N–H and O–H groups in total. The normalized spacial score (nSPS) is 12.7. The highest BCUT2D eigenvalue weighted by Crippen LogP contribution is 2.23. The molecule has 0 saturated carbocycles. The Labute approximate surface area is 118 Å². The summed E-state index contributed by atoms with van der Waals surface area (Å²) >= 11 is 7.45. The molecule has 0 aliphatic carbocycles. The highest BCUT2D eigenvalue weighted by atomic mass is 35.5.